The Bertz CT molecular complexity index is 1250. The molecular formula is C25H30ClN5O5S. The van der Waals surface area contributed by atoms with E-state index in [1.807, 2.05) is 42.5 Å². The number of carbonyl (C=O) groups excluding carboxylic acids is 1. The normalized spacial score (nSPS) is 21.0. The molecule has 37 heavy (non-hydrogen) atoms. The number of nitrogens with zero attached hydrogens (tertiary/aromatic N) is 4. The quantitative estimate of drug-likeness (QED) is 0.324. The third kappa shape index (κ3) is 6.67. The van der Waals surface area contributed by atoms with Crippen molar-refractivity contribution in [1.82, 2.24) is 14.0 Å². The van der Waals surface area contributed by atoms with Gasteiger partial charge in [-0.15, -0.1) is 0 Å². The maximum atomic E-state index is 13.3. The molecule has 0 amide bonds. The van der Waals surface area contributed by atoms with Gasteiger partial charge >= 0.3 is 16.2 Å². The standard InChI is InChI=1S/C25H30ClN5O5S/c1-3-35-23(32)15-21-16-30(13-14-36-21)37(33,34)29-25(27-2)31-17-22(18-7-5-4-6-8-18)24(28-31)19-9-11-20(26)12-10-19/h4-12,21-22H,3,13-17H2,1-2H3,(H,27,29). The van der Waals surface area contributed by atoms with E-state index >= 15 is 0 Å². The average molecular weight is 548 g/mol. The molecule has 2 aromatic carbocycles. The van der Waals surface area contributed by atoms with E-state index in [4.69, 9.17) is 26.2 Å². The second kappa shape index (κ2) is 12.0. The lowest BCUT2D eigenvalue weighted by molar-refractivity contribution is -0.147. The van der Waals surface area contributed by atoms with Crippen molar-refractivity contribution in [2.45, 2.75) is 25.4 Å². The predicted octanol–water partition coefficient (Wildman–Crippen LogP) is 2.62. The van der Waals surface area contributed by atoms with Gasteiger partial charge in [-0.05, 0) is 30.2 Å². The summed E-state index contributed by atoms with van der Waals surface area (Å²) >= 11 is 6.09. The molecule has 2 atom stereocenters. The van der Waals surface area contributed by atoms with Crippen molar-refractivity contribution in [3.05, 3.63) is 70.7 Å². The number of ether oxygens (including phenoxy) is 2. The summed E-state index contributed by atoms with van der Waals surface area (Å²) in [7, 11) is -2.48. The van der Waals surface area contributed by atoms with E-state index in [1.165, 1.54) is 11.4 Å². The number of rotatable bonds is 7. The molecule has 2 unspecified atom stereocenters. The zero-order valence-corrected chi connectivity index (χ0v) is 22.3. The van der Waals surface area contributed by atoms with Gasteiger partial charge in [0.25, 0.3) is 0 Å². The number of hydrazone groups is 1. The molecule has 198 valence electrons. The van der Waals surface area contributed by atoms with Gasteiger partial charge in [0, 0.05) is 31.1 Å². The first-order chi connectivity index (χ1) is 17.8. The van der Waals surface area contributed by atoms with Crippen LogP contribution in [-0.4, -0.2) is 81.4 Å². The lowest BCUT2D eigenvalue weighted by Crippen LogP contribution is -2.53. The van der Waals surface area contributed by atoms with Crippen LogP contribution in [0.3, 0.4) is 0 Å². The molecule has 0 aliphatic carbocycles. The number of nitrogens with one attached hydrogen (secondary N) is 1. The van der Waals surface area contributed by atoms with Gasteiger partial charge in [0.05, 0.1) is 38.0 Å². The second-order valence-electron chi connectivity index (χ2n) is 8.55. The van der Waals surface area contributed by atoms with E-state index in [0.29, 0.717) is 11.6 Å². The molecule has 1 fully saturated rings. The maximum absolute atomic E-state index is 13.3. The van der Waals surface area contributed by atoms with Crippen LogP contribution in [0.1, 0.15) is 30.4 Å². The number of hydrogen-bond acceptors (Lipinski definition) is 7. The molecule has 12 heteroatoms. The Kier molecular flexibility index (Phi) is 8.80. The van der Waals surface area contributed by atoms with Crippen LogP contribution in [0.5, 0.6) is 0 Å². The highest BCUT2D eigenvalue weighted by molar-refractivity contribution is 7.87. The smallest absolute Gasteiger partial charge is 0.308 e. The summed E-state index contributed by atoms with van der Waals surface area (Å²) in [5.41, 5.74) is 2.71. The number of morpholine rings is 1. The highest BCUT2D eigenvalue weighted by atomic mass is 35.5. The lowest BCUT2D eigenvalue weighted by Gasteiger charge is -2.32. The number of halogens is 1. The van der Waals surface area contributed by atoms with Crippen LogP contribution in [0.15, 0.2) is 64.7 Å². The van der Waals surface area contributed by atoms with Gasteiger partial charge in [0.1, 0.15) is 0 Å². The first kappa shape index (κ1) is 27.1. The molecule has 2 aliphatic rings. The molecule has 2 heterocycles. The van der Waals surface area contributed by atoms with Crippen molar-refractivity contribution in [3.8, 4) is 0 Å². The summed E-state index contributed by atoms with van der Waals surface area (Å²) in [5.74, 6) is -0.442. The molecule has 0 saturated carbocycles. The summed E-state index contributed by atoms with van der Waals surface area (Å²) in [6.45, 7) is 2.71. The number of hydrogen-bond donors (Lipinski definition) is 1. The van der Waals surface area contributed by atoms with E-state index in [0.717, 1.165) is 16.8 Å². The average Bonchev–Trinajstić information content (AvgIpc) is 3.34. The Morgan fingerprint density at radius 2 is 1.92 bits per heavy atom. The zero-order valence-electron chi connectivity index (χ0n) is 20.7. The molecule has 1 saturated heterocycles. The van der Waals surface area contributed by atoms with E-state index < -0.39 is 22.3 Å². The van der Waals surface area contributed by atoms with Crippen LogP contribution in [0.4, 0.5) is 0 Å². The molecular weight excluding hydrogens is 518 g/mol. The molecule has 4 rings (SSSR count). The molecule has 0 bridgehead atoms. The van der Waals surface area contributed by atoms with E-state index in [-0.39, 0.29) is 44.6 Å². The van der Waals surface area contributed by atoms with Crippen molar-refractivity contribution in [3.63, 3.8) is 0 Å². The van der Waals surface area contributed by atoms with Crippen LogP contribution >= 0.6 is 11.6 Å². The van der Waals surface area contributed by atoms with Gasteiger partial charge in [0.15, 0.2) is 0 Å². The van der Waals surface area contributed by atoms with Crippen molar-refractivity contribution < 1.29 is 22.7 Å². The second-order valence-corrected chi connectivity index (χ2v) is 10.7. The van der Waals surface area contributed by atoms with Crippen molar-refractivity contribution in [2.75, 3.05) is 39.9 Å². The summed E-state index contributed by atoms with van der Waals surface area (Å²) < 4.78 is 40.9. The van der Waals surface area contributed by atoms with Crippen LogP contribution in [0, 0.1) is 0 Å². The largest absolute Gasteiger partial charge is 0.466 e. The fourth-order valence-electron chi connectivity index (χ4n) is 4.30. The minimum absolute atomic E-state index is 0.0196. The van der Waals surface area contributed by atoms with Crippen LogP contribution in [0.2, 0.25) is 5.02 Å². The van der Waals surface area contributed by atoms with Crippen LogP contribution in [-0.2, 0) is 24.5 Å². The molecule has 0 aromatic heterocycles. The molecule has 2 aromatic rings. The number of esters is 1. The zero-order chi connectivity index (χ0) is 26.4. The van der Waals surface area contributed by atoms with Gasteiger partial charge in [-0.1, -0.05) is 54.1 Å². The Hall–Kier alpha value is -2.99. The van der Waals surface area contributed by atoms with Crippen molar-refractivity contribution in [2.24, 2.45) is 10.1 Å². The minimum Gasteiger partial charge on any atom is -0.466 e. The van der Waals surface area contributed by atoms with E-state index in [2.05, 4.69) is 9.71 Å². The highest BCUT2D eigenvalue weighted by Crippen LogP contribution is 2.29. The molecule has 1 N–H and O–H groups in total. The first-order valence-electron chi connectivity index (χ1n) is 12.0. The highest BCUT2D eigenvalue weighted by Gasteiger charge is 2.35. The van der Waals surface area contributed by atoms with Crippen molar-refractivity contribution >= 4 is 39.5 Å². The van der Waals surface area contributed by atoms with Gasteiger partial charge in [-0.25, -0.2) is 9.73 Å². The minimum atomic E-state index is -3.99. The third-order valence-electron chi connectivity index (χ3n) is 6.07. The lowest BCUT2D eigenvalue weighted by atomic mass is 9.91. The van der Waals surface area contributed by atoms with E-state index in [9.17, 15) is 13.2 Å². The first-order valence-corrected chi connectivity index (χ1v) is 13.8. The third-order valence-corrected chi connectivity index (χ3v) is 7.78. The molecule has 2 aliphatic heterocycles. The summed E-state index contributed by atoms with van der Waals surface area (Å²) in [6, 6.07) is 17.3. The molecule has 10 nitrogen and oxygen atoms in total. The van der Waals surface area contributed by atoms with Gasteiger partial charge in [-0.3, -0.25) is 9.79 Å². The fourth-order valence-corrected chi connectivity index (χ4v) is 5.66. The van der Waals surface area contributed by atoms with Gasteiger partial charge < -0.3 is 9.47 Å². The van der Waals surface area contributed by atoms with E-state index in [1.54, 1.807) is 24.1 Å². The Labute approximate surface area is 222 Å². The topological polar surface area (TPSA) is 113 Å². The number of aliphatic imine (C=N–C) groups is 1. The predicted molar refractivity (Wildman–Crippen MR) is 142 cm³/mol. The van der Waals surface area contributed by atoms with Gasteiger partial charge in [-0.2, -0.15) is 17.8 Å². The molecule has 0 spiro atoms. The maximum Gasteiger partial charge on any atom is 0.308 e. The SMILES string of the molecule is CCOC(=O)CC1CN(S(=O)(=O)NC(=NC)N2CC(c3ccccc3)C(c3ccc(Cl)cc3)=N2)CCO1. The monoisotopic (exact) mass is 547 g/mol. The number of benzene rings is 2. The summed E-state index contributed by atoms with van der Waals surface area (Å²) in [4.78, 5) is 16.1. The molecule has 0 radical (unpaired) electrons. The van der Waals surface area contributed by atoms with Crippen LogP contribution in [0.25, 0.3) is 0 Å². The Balaban J connectivity index is 1.53. The Morgan fingerprint density at radius 1 is 1.19 bits per heavy atom. The van der Waals surface area contributed by atoms with Gasteiger partial charge in [0.2, 0.25) is 5.96 Å². The number of guanidine groups is 1. The fraction of sp³-hybridized carbons (Fsp3) is 0.400. The summed E-state index contributed by atoms with van der Waals surface area (Å²) in [6.07, 6.45) is -0.607. The number of carbonyl (C=O) groups is 1. The Morgan fingerprint density at radius 3 is 2.59 bits per heavy atom. The van der Waals surface area contributed by atoms with Crippen molar-refractivity contribution in [1.29, 1.82) is 0 Å². The van der Waals surface area contributed by atoms with Crippen LogP contribution < -0.4 is 4.72 Å². The summed E-state index contributed by atoms with van der Waals surface area (Å²) in [5, 5.41) is 6.95.